The molecule has 0 rings (SSSR count). The number of carboxylic acids is 3. The van der Waals surface area contributed by atoms with Crippen LogP contribution in [0.4, 0.5) is 0 Å². The molecule has 0 N–H and O–H groups in total. The molecular formula is C6BI9O6. The molecule has 0 aromatic rings. The van der Waals surface area contributed by atoms with Crippen molar-refractivity contribution < 1.29 is 29.7 Å². The van der Waals surface area contributed by atoms with Gasteiger partial charge >= 0.3 is 8.41 Å². The van der Waals surface area contributed by atoms with E-state index in [1.165, 1.54) is 0 Å². The molecule has 0 saturated carbocycles. The van der Waals surface area contributed by atoms with Crippen LogP contribution in [0, 0.1) is 0 Å². The van der Waals surface area contributed by atoms with E-state index in [1.807, 2.05) is 0 Å². The Kier molecular flexibility index (Phi) is 25.0. The summed E-state index contributed by atoms with van der Waals surface area (Å²) in [4.78, 5) is 29.7. The van der Waals surface area contributed by atoms with Crippen LogP contribution in [0.3, 0.4) is 0 Å². The molecule has 16 heteroatoms. The van der Waals surface area contributed by atoms with Crippen molar-refractivity contribution in [3.63, 3.8) is 0 Å². The molecule has 0 spiro atoms. The van der Waals surface area contributed by atoms with Gasteiger partial charge in [0.15, 0.2) is -1.69 Å². The Morgan fingerprint density at radius 2 is 0.545 bits per heavy atom. The van der Waals surface area contributed by atoms with E-state index < -0.39 is 16.2 Å². The Morgan fingerprint density at radius 3 is 0.545 bits per heavy atom. The van der Waals surface area contributed by atoms with Crippen molar-refractivity contribution in [3.05, 3.63) is 0 Å². The summed E-state index contributed by atoms with van der Waals surface area (Å²) in [5, 5.41) is 29.7. The van der Waals surface area contributed by atoms with Crippen LogP contribution >= 0.6 is 203 Å². The van der Waals surface area contributed by atoms with E-state index in [2.05, 4.69) is 0 Å². The predicted molar refractivity (Wildman–Crippen MR) is 155 cm³/mol. The van der Waals surface area contributed by atoms with Gasteiger partial charge in [0.05, 0.1) is 17.9 Å². The SMILES string of the molecule is O=C([O-])C(I)(I)I.O=C([O-])C(I)(I)I.O=C([O-])C(I)(I)I.[B+3]. The van der Waals surface area contributed by atoms with Crippen LogP contribution in [0.15, 0.2) is 0 Å². The molecule has 0 aliphatic carbocycles. The predicted octanol–water partition coefficient (Wildman–Crippen LogP) is 1.70. The summed E-state index contributed by atoms with van der Waals surface area (Å²) >= 11 is 16.0. The summed E-state index contributed by atoms with van der Waals surface area (Å²) in [6.45, 7) is 0. The summed E-state index contributed by atoms with van der Waals surface area (Å²) in [6.07, 6.45) is 0. The van der Waals surface area contributed by atoms with Gasteiger partial charge in [-0.25, -0.2) is 0 Å². The van der Waals surface area contributed by atoms with E-state index >= 15 is 0 Å². The monoisotopic (exact) mass is 1320 g/mol. The van der Waals surface area contributed by atoms with Crippen molar-refractivity contribution >= 4 is 230 Å². The van der Waals surface area contributed by atoms with Gasteiger partial charge < -0.3 is 29.7 Å². The Balaban J connectivity index is -0.000000108. The number of hydrogen-bond acceptors (Lipinski definition) is 6. The maximum absolute atomic E-state index is 9.89. The molecule has 0 fully saturated rings. The van der Waals surface area contributed by atoms with E-state index in [0.717, 1.165) is 0 Å². The summed E-state index contributed by atoms with van der Waals surface area (Å²) < 4.78 is -2.35. The van der Waals surface area contributed by atoms with Crippen LogP contribution in [0.2, 0.25) is 0 Å². The molecule has 0 atom stereocenters. The molecule has 0 heterocycles. The van der Waals surface area contributed by atoms with Crippen molar-refractivity contribution in [1.29, 1.82) is 0 Å². The number of carboxylic acid groups (broad SMARTS) is 3. The van der Waals surface area contributed by atoms with Crippen LogP contribution in [0.1, 0.15) is 0 Å². The van der Waals surface area contributed by atoms with Gasteiger partial charge in [-0.05, 0) is 203 Å². The largest absolute Gasteiger partial charge is 3.00 e. The first-order valence-corrected chi connectivity index (χ1v) is 13.4. The van der Waals surface area contributed by atoms with Crippen molar-refractivity contribution in [1.82, 2.24) is 0 Å². The van der Waals surface area contributed by atoms with Gasteiger partial charge in [-0.15, -0.1) is 0 Å². The van der Waals surface area contributed by atoms with Gasteiger partial charge in [-0.3, -0.25) is 0 Å². The number of carbonyl (C=O) groups excluding carboxylic acids is 3. The molecule has 0 radical (unpaired) electrons. The molecule has 0 amide bonds. The Labute approximate surface area is 251 Å². The second kappa shape index (κ2) is 15.9. The molecule has 0 aliphatic rings. The van der Waals surface area contributed by atoms with Gasteiger partial charge in [0, 0.05) is 0 Å². The minimum Gasteiger partial charge on any atom is -0.547 e. The van der Waals surface area contributed by atoms with Crippen LogP contribution in [0.25, 0.3) is 0 Å². The van der Waals surface area contributed by atoms with E-state index in [9.17, 15) is 29.7 Å². The smallest absolute Gasteiger partial charge is 0.547 e. The van der Waals surface area contributed by atoms with Gasteiger partial charge in [0.1, 0.15) is 0 Å². The van der Waals surface area contributed by atoms with Crippen LogP contribution < -0.4 is 15.3 Å². The first-order chi connectivity index (χ1) is 8.83. The van der Waals surface area contributed by atoms with Crippen molar-refractivity contribution in [2.75, 3.05) is 0 Å². The first-order valence-electron chi connectivity index (χ1n) is 3.68. The number of carbonyl (C=O) groups is 3. The van der Waals surface area contributed by atoms with Crippen molar-refractivity contribution in [3.8, 4) is 0 Å². The number of hydrogen-bond donors (Lipinski definition) is 0. The summed E-state index contributed by atoms with van der Waals surface area (Å²) in [6, 6.07) is 0. The zero-order chi connectivity index (χ0) is 18.2. The van der Waals surface area contributed by atoms with Crippen LogP contribution in [-0.4, -0.2) is 24.6 Å². The molecule has 0 aliphatic heterocycles. The van der Waals surface area contributed by atoms with Crippen molar-refractivity contribution in [2.45, 2.75) is -1.69 Å². The van der Waals surface area contributed by atoms with Crippen LogP contribution in [0.5, 0.6) is 0 Å². The topological polar surface area (TPSA) is 120 Å². The second-order valence-corrected chi connectivity index (χ2v) is 35.5. The standard InChI is InChI=1S/3C2HI3O2.B/c3*3-2(4,5)1(6)7;/h3*(H,6,7);/q;;;+3/p-3. The fraction of sp³-hybridized carbons (Fsp3) is 0.500. The minimum atomic E-state index is -1.05. The average molecular weight is 1320 g/mol. The third-order valence-electron chi connectivity index (χ3n) is 0.694. The van der Waals surface area contributed by atoms with Gasteiger partial charge in [-0.1, -0.05) is 0 Å². The van der Waals surface area contributed by atoms with Gasteiger partial charge in [0.2, 0.25) is 0 Å². The number of aliphatic carboxylic acids is 3. The first kappa shape index (κ1) is 34.5. The summed E-state index contributed by atoms with van der Waals surface area (Å²) in [5.41, 5.74) is 0. The van der Waals surface area contributed by atoms with E-state index in [-0.39, 0.29) is 8.41 Å². The Hall–Kier alpha value is 5.04. The van der Waals surface area contributed by atoms with E-state index in [4.69, 9.17) is 0 Å². The second-order valence-electron chi connectivity index (χ2n) is 2.36. The molecule has 22 heavy (non-hydrogen) atoms. The molecule has 0 saturated heterocycles. The summed E-state index contributed by atoms with van der Waals surface area (Å²) in [7, 11) is 0. The zero-order valence-corrected chi connectivity index (χ0v) is 28.8. The molecule has 126 valence electrons. The Morgan fingerprint density at radius 1 is 0.500 bits per heavy atom. The molecule has 0 bridgehead atoms. The van der Waals surface area contributed by atoms with E-state index in [0.29, 0.717) is 0 Å². The average Bonchev–Trinajstić information content (AvgIpc) is 2.14. The fourth-order valence-corrected chi connectivity index (χ4v) is 0. The van der Waals surface area contributed by atoms with Crippen LogP contribution in [-0.2, 0) is 14.4 Å². The molecular weight excluding hydrogens is 1320 g/mol. The molecule has 6 nitrogen and oxygen atoms in total. The third-order valence-corrected chi connectivity index (χ3v) is 4.66. The van der Waals surface area contributed by atoms with Gasteiger partial charge in [-0.2, -0.15) is 0 Å². The molecule has 0 aromatic heterocycles. The third kappa shape index (κ3) is 27.3. The Bertz CT molecular complexity index is 313. The van der Waals surface area contributed by atoms with Crippen molar-refractivity contribution in [2.24, 2.45) is 0 Å². The maximum Gasteiger partial charge on any atom is 3.00 e. The normalized spacial score (nSPS) is 10.8. The summed E-state index contributed by atoms with van der Waals surface area (Å²) in [5.74, 6) is -3.14. The molecule has 0 aromatic carbocycles. The minimum absolute atomic E-state index is 0. The van der Waals surface area contributed by atoms with Gasteiger partial charge in [0.25, 0.3) is 0 Å². The number of rotatable bonds is 3. The number of halogens is 9. The quantitative estimate of drug-likeness (QED) is 0.242. The zero-order valence-electron chi connectivity index (χ0n) is 9.43. The fourth-order valence-electron chi connectivity index (χ4n) is 0. The number of alkyl halides is 9. The van der Waals surface area contributed by atoms with E-state index in [1.54, 1.807) is 203 Å². The maximum atomic E-state index is 9.89. The molecule has 0 unspecified atom stereocenters.